The van der Waals surface area contributed by atoms with E-state index in [1.807, 2.05) is 32.4 Å². The van der Waals surface area contributed by atoms with Crippen LogP contribution < -0.4 is 24.3 Å². The number of imide groups is 1. The van der Waals surface area contributed by atoms with Gasteiger partial charge in [-0.1, -0.05) is 0 Å². The van der Waals surface area contributed by atoms with Crippen LogP contribution in [0.25, 0.3) is 33.0 Å². The lowest BCUT2D eigenvalue weighted by molar-refractivity contribution is -0.122. The number of aromatic nitrogens is 2. The Morgan fingerprint density at radius 3 is 2.13 bits per heavy atom. The van der Waals surface area contributed by atoms with Crippen molar-refractivity contribution in [2.75, 3.05) is 49.1 Å². The monoisotopic (exact) mass is 518 g/mol. The van der Waals surface area contributed by atoms with E-state index in [0.717, 1.165) is 23.0 Å². The third-order valence-corrected chi connectivity index (χ3v) is 6.83. The van der Waals surface area contributed by atoms with Gasteiger partial charge in [-0.3, -0.25) is 14.9 Å². The standard InChI is InChI=1S/C28H30N4O6/c1-31(2)9-10-32-14-17(23-19(32)7-8-20(35-3)26(23)38-6)25-24(27(33)30-28(25)34)16-13-29-18-12-22(37-5)21(36-4)11-15(16)18/h7-8,11-14,29H,9-10H2,1-6H3,(H,30,33,34). The summed E-state index contributed by atoms with van der Waals surface area (Å²) in [6, 6.07) is 7.37. The van der Waals surface area contributed by atoms with E-state index in [1.54, 1.807) is 46.8 Å². The Labute approximate surface area is 219 Å². The van der Waals surface area contributed by atoms with Crippen LogP contribution in [0.4, 0.5) is 0 Å². The van der Waals surface area contributed by atoms with Gasteiger partial charge in [-0.15, -0.1) is 0 Å². The van der Waals surface area contributed by atoms with Crippen molar-refractivity contribution < 1.29 is 28.5 Å². The van der Waals surface area contributed by atoms with Gasteiger partial charge in [0.2, 0.25) is 0 Å². The summed E-state index contributed by atoms with van der Waals surface area (Å²) in [4.78, 5) is 32.0. The Bertz CT molecular complexity index is 1610. The fourth-order valence-corrected chi connectivity index (χ4v) is 5.01. The molecule has 2 N–H and O–H groups in total. The van der Waals surface area contributed by atoms with Crippen molar-refractivity contribution >= 4 is 44.8 Å². The number of hydrogen-bond donors (Lipinski definition) is 2. The number of nitrogens with one attached hydrogen (secondary N) is 2. The summed E-state index contributed by atoms with van der Waals surface area (Å²) >= 11 is 0. The number of rotatable bonds is 9. The first-order chi connectivity index (χ1) is 18.3. The summed E-state index contributed by atoms with van der Waals surface area (Å²) in [6.07, 6.45) is 3.63. The number of H-pyrrole nitrogens is 1. The number of fused-ring (bicyclic) bond motifs is 2. The number of hydrogen-bond acceptors (Lipinski definition) is 7. The average molecular weight is 519 g/mol. The van der Waals surface area contributed by atoms with Crippen molar-refractivity contribution in [2.24, 2.45) is 0 Å². The van der Waals surface area contributed by atoms with Crippen LogP contribution in [0, 0.1) is 0 Å². The predicted molar refractivity (Wildman–Crippen MR) is 145 cm³/mol. The number of carbonyl (C=O) groups is 2. The van der Waals surface area contributed by atoms with Crippen molar-refractivity contribution in [3.63, 3.8) is 0 Å². The molecule has 0 saturated carbocycles. The second-order valence-electron chi connectivity index (χ2n) is 9.22. The highest BCUT2D eigenvalue weighted by molar-refractivity contribution is 6.51. The van der Waals surface area contributed by atoms with Gasteiger partial charge in [-0.25, -0.2) is 0 Å². The number of amides is 2. The molecule has 10 heteroatoms. The van der Waals surface area contributed by atoms with Crippen LogP contribution in [-0.2, 0) is 16.1 Å². The highest BCUT2D eigenvalue weighted by Crippen LogP contribution is 2.45. The average Bonchev–Trinajstić information content (AvgIpc) is 3.57. The molecule has 0 unspecified atom stereocenters. The van der Waals surface area contributed by atoms with E-state index in [9.17, 15) is 9.59 Å². The number of nitrogens with zero attached hydrogens (tertiary/aromatic N) is 2. The number of ether oxygens (including phenoxy) is 4. The van der Waals surface area contributed by atoms with Crippen LogP contribution in [0.15, 0.2) is 36.7 Å². The number of carbonyl (C=O) groups excluding carboxylic acids is 2. The van der Waals surface area contributed by atoms with Gasteiger partial charge in [0.25, 0.3) is 11.8 Å². The molecular weight excluding hydrogens is 488 g/mol. The maximum Gasteiger partial charge on any atom is 0.259 e. The van der Waals surface area contributed by atoms with E-state index >= 15 is 0 Å². The van der Waals surface area contributed by atoms with Gasteiger partial charge in [0, 0.05) is 53.6 Å². The normalized spacial score (nSPS) is 13.7. The first-order valence-corrected chi connectivity index (χ1v) is 12.0. The lowest BCUT2D eigenvalue weighted by atomic mass is 9.95. The van der Waals surface area contributed by atoms with Gasteiger partial charge >= 0.3 is 0 Å². The van der Waals surface area contributed by atoms with Crippen molar-refractivity contribution in [3.8, 4) is 23.0 Å². The summed E-state index contributed by atoms with van der Waals surface area (Å²) in [7, 11) is 10.2. The molecule has 2 aromatic carbocycles. The predicted octanol–water partition coefficient (Wildman–Crippen LogP) is 3.29. The molecular formula is C28H30N4O6. The number of methoxy groups -OCH3 is 4. The zero-order chi connectivity index (χ0) is 27.1. The molecule has 10 nitrogen and oxygen atoms in total. The molecule has 2 amide bonds. The number of benzene rings is 2. The lowest BCUT2D eigenvalue weighted by Gasteiger charge is -2.13. The number of likely N-dealkylation sites (N-methyl/N-ethyl adjacent to an activating group) is 1. The van der Waals surface area contributed by atoms with Gasteiger partial charge in [-0.05, 0) is 32.3 Å². The zero-order valence-corrected chi connectivity index (χ0v) is 22.2. The Kier molecular flexibility index (Phi) is 6.50. The summed E-state index contributed by atoms with van der Waals surface area (Å²) in [6.45, 7) is 1.44. The highest BCUT2D eigenvalue weighted by Gasteiger charge is 2.36. The van der Waals surface area contributed by atoms with Crippen molar-refractivity contribution in [2.45, 2.75) is 6.54 Å². The third kappa shape index (κ3) is 3.93. The molecule has 1 aliphatic rings. The van der Waals surface area contributed by atoms with E-state index in [0.29, 0.717) is 46.1 Å². The van der Waals surface area contributed by atoms with Gasteiger partial charge in [0.1, 0.15) is 0 Å². The van der Waals surface area contributed by atoms with E-state index in [4.69, 9.17) is 18.9 Å². The molecule has 0 spiro atoms. The molecule has 3 heterocycles. The molecule has 0 saturated heterocycles. The number of aromatic amines is 1. The molecule has 38 heavy (non-hydrogen) atoms. The highest BCUT2D eigenvalue weighted by atomic mass is 16.5. The summed E-state index contributed by atoms with van der Waals surface area (Å²) in [5.41, 5.74) is 3.31. The first kappa shape index (κ1) is 25.2. The molecule has 0 radical (unpaired) electrons. The SMILES string of the molecule is COc1cc2[nH]cc(C3=C(c4cn(CCN(C)C)c5ccc(OC)c(OC)c45)C(=O)NC3=O)c2cc1OC. The van der Waals surface area contributed by atoms with E-state index in [-0.39, 0.29) is 11.1 Å². The fourth-order valence-electron chi connectivity index (χ4n) is 5.01. The minimum Gasteiger partial charge on any atom is -0.493 e. The molecule has 198 valence electrons. The lowest BCUT2D eigenvalue weighted by Crippen LogP contribution is -2.22. The van der Waals surface area contributed by atoms with Crippen molar-refractivity contribution in [1.29, 1.82) is 0 Å². The molecule has 4 aromatic rings. The van der Waals surface area contributed by atoms with E-state index in [2.05, 4.69) is 19.8 Å². The molecule has 0 atom stereocenters. The van der Waals surface area contributed by atoms with Crippen LogP contribution in [-0.4, -0.2) is 75.3 Å². The van der Waals surface area contributed by atoms with Crippen molar-refractivity contribution in [3.05, 3.63) is 47.8 Å². The molecule has 0 aliphatic carbocycles. The van der Waals surface area contributed by atoms with Gasteiger partial charge in [0.15, 0.2) is 23.0 Å². The minimum atomic E-state index is -0.476. The summed E-state index contributed by atoms with van der Waals surface area (Å²) in [5.74, 6) is 1.14. The molecule has 1 aliphatic heterocycles. The van der Waals surface area contributed by atoms with Gasteiger partial charge < -0.3 is 33.4 Å². The second kappa shape index (κ2) is 9.79. The largest absolute Gasteiger partial charge is 0.493 e. The van der Waals surface area contributed by atoms with Crippen LogP contribution in [0.3, 0.4) is 0 Å². The summed E-state index contributed by atoms with van der Waals surface area (Å²) < 4.78 is 24.3. The minimum absolute atomic E-state index is 0.269. The van der Waals surface area contributed by atoms with E-state index < -0.39 is 11.8 Å². The quantitative estimate of drug-likeness (QED) is 0.328. The van der Waals surface area contributed by atoms with Crippen LogP contribution in [0.5, 0.6) is 23.0 Å². The maximum absolute atomic E-state index is 13.4. The topological polar surface area (TPSA) is 107 Å². The van der Waals surface area contributed by atoms with Crippen molar-refractivity contribution in [1.82, 2.24) is 19.8 Å². The maximum atomic E-state index is 13.4. The van der Waals surface area contributed by atoms with Crippen LogP contribution >= 0.6 is 0 Å². The van der Waals surface area contributed by atoms with Crippen LogP contribution in [0.1, 0.15) is 11.1 Å². The molecule has 0 bridgehead atoms. The molecule has 0 fully saturated rings. The fraction of sp³-hybridized carbons (Fsp3) is 0.286. The second-order valence-corrected chi connectivity index (χ2v) is 9.22. The summed E-state index contributed by atoms with van der Waals surface area (Å²) in [5, 5.41) is 3.92. The molecule has 2 aromatic heterocycles. The Balaban J connectivity index is 1.83. The smallest absolute Gasteiger partial charge is 0.259 e. The Hall–Kier alpha value is -4.44. The zero-order valence-electron chi connectivity index (χ0n) is 22.2. The van der Waals surface area contributed by atoms with Gasteiger partial charge in [-0.2, -0.15) is 0 Å². The van der Waals surface area contributed by atoms with E-state index in [1.165, 1.54) is 0 Å². The first-order valence-electron chi connectivity index (χ1n) is 12.0. The molecule has 5 rings (SSSR count). The third-order valence-electron chi connectivity index (χ3n) is 6.83. The van der Waals surface area contributed by atoms with Gasteiger partial charge in [0.05, 0.1) is 50.5 Å². The Morgan fingerprint density at radius 2 is 1.50 bits per heavy atom. The van der Waals surface area contributed by atoms with Crippen LogP contribution in [0.2, 0.25) is 0 Å². The Morgan fingerprint density at radius 1 is 0.842 bits per heavy atom.